The molecule has 0 bridgehead atoms. The second-order valence-electron chi connectivity index (χ2n) is 7.50. The minimum absolute atomic E-state index is 0. The van der Waals surface area contributed by atoms with Crippen molar-refractivity contribution in [2.75, 3.05) is 5.32 Å². The normalized spacial score (nSPS) is 18.3. The first-order valence-corrected chi connectivity index (χ1v) is 9.91. The Kier molecular flexibility index (Phi) is 6.90. The van der Waals surface area contributed by atoms with Gasteiger partial charge in [0.25, 0.3) is 5.91 Å². The summed E-state index contributed by atoms with van der Waals surface area (Å²) in [7, 11) is 0. The maximum Gasteiger partial charge on any atom is 0.251 e. The maximum atomic E-state index is 12.5. The molecule has 0 spiro atoms. The van der Waals surface area contributed by atoms with Gasteiger partial charge in [-0.15, -0.1) is 12.4 Å². The van der Waals surface area contributed by atoms with E-state index in [0.29, 0.717) is 17.2 Å². The average Bonchev–Trinajstić information content (AvgIpc) is 2.75. The minimum Gasteiger partial charge on any atom is -0.367 e. The fourth-order valence-electron chi connectivity index (χ4n) is 3.82. The molecular formula is C23H25ClN4O2. The summed E-state index contributed by atoms with van der Waals surface area (Å²) in [5, 5.41) is 7.73. The summed E-state index contributed by atoms with van der Waals surface area (Å²) in [5.41, 5.74) is 7.08. The molecule has 1 aliphatic carbocycles. The molecular weight excluding hydrogens is 400 g/mol. The number of carbonyl (C=O) groups is 2. The Morgan fingerprint density at radius 2 is 1.57 bits per heavy atom. The number of rotatable bonds is 5. The predicted octanol–water partition coefficient (Wildman–Crippen LogP) is 3.91. The van der Waals surface area contributed by atoms with Gasteiger partial charge >= 0.3 is 0 Å². The van der Waals surface area contributed by atoms with Gasteiger partial charge in [0.15, 0.2) is 0 Å². The lowest BCUT2D eigenvalue weighted by atomic mass is 9.91. The Bertz CT molecular complexity index is 1050. The molecule has 3 aromatic rings. The number of aromatic nitrogens is 1. The van der Waals surface area contributed by atoms with Crippen LogP contribution in [-0.4, -0.2) is 28.9 Å². The zero-order valence-electron chi connectivity index (χ0n) is 16.5. The number of nitrogens with two attached hydrogens (primary N) is 1. The molecule has 156 valence electrons. The first-order chi connectivity index (χ1) is 14.1. The quantitative estimate of drug-likeness (QED) is 0.578. The summed E-state index contributed by atoms with van der Waals surface area (Å²) in [5.74, 6) is 0.189. The number of primary amides is 1. The highest BCUT2D eigenvalue weighted by Gasteiger charge is 2.23. The van der Waals surface area contributed by atoms with Crippen molar-refractivity contribution in [1.29, 1.82) is 0 Å². The van der Waals surface area contributed by atoms with Crippen LogP contribution in [-0.2, 0) is 0 Å². The first-order valence-electron chi connectivity index (χ1n) is 9.91. The first kappa shape index (κ1) is 21.6. The lowest BCUT2D eigenvalue weighted by molar-refractivity contribution is 0.0926. The van der Waals surface area contributed by atoms with E-state index in [1.165, 1.54) is 6.07 Å². The number of halogens is 1. The van der Waals surface area contributed by atoms with E-state index in [1.54, 1.807) is 18.2 Å². The summed E-state index contributed by atoms with van der Waals surface area (Å²) in [6, 6.07) is 19.2. The van der Waals surface area contributed by atoms with Gasteiger partial charge < -0.3 is 16.4 Å². The minimum atomic E-state index is -0.534. The number of nitrogens with zero attached hydrogens (tertiary/aromatic N) is 1. The number of benzene rings is 2. The second kappa shape index (κ2) is 9.59. The van der Waals surface area contributed by atoms with Gasteiger partial charge in [0.05, 0.1) is 5.52 Å². The van der Waals surface area contributed by atoms with E-state index in [2.05, 4.69) is 27.8 Å². The summed E-state index contributed by atoms with van der Waals surface area (Å²) < 4.78 is 0. The van der Waals surface area contributed by atoms with E-state index in [9.17, 15) is 9.59 Å². The maximum absolute atomic E-state index is 12.5. The highest BCUT2D eigenvalue weighted by molar-refractivity contribution is 5.99. The highest BCUT2D eigenvalue weighted by Crippen LogP contribution is 2.23. The molecule has 7 heteroatoms. The Labute approximate surface area is 181 Å². The number of fused-ring (bicyclic) bond motifs is 1. The van der Waals surface area contributed by atoms with E-state index >= 15 is 0 Å². The summed E-state index contributed by atoms with van der Waals surface area (Å²) in [6.07, 6.45) is 3.71. The van der Waals surface area contributed by atoms with E-state index in [1.807, 2.05) is 24.3 Å². The summed E-state index contributed by atoms with van der Waals surface area (Å²) in [6.45, 7) is 0. The third-order valence-electron chi connectivity index (χ3n) is 5.42. The SMILES string of the molecule is Cl.NC(=O)c1cccc(C(=O)NC2CCC(Nc3ccc4ccccc4n3)CC2)c1. The lowest BCUT2D eigenvalue weighted by Gasteiger charge is -2.30. The number of hydrogen-bond acceptors (Lipinski definition) is 4. The fourth-order valence-corrected chi connectivity index (χ4v) is 3.82. The zero-order valence-corrected chi connectivity index (χ0v) is 17.3. The van der Waals surface area contributed by atoms with Crippen LogP contribution in [0.3, 0.4) is 0 Å². The zero-order chi connectivity index (χ0) is 20.2. The van der Waals surface area contributed by atoms with Gasteiger partial charge in [0, 0.05) is 28.6 Å². The lowest BCUT2D eigenvalue weighted by Crippen LogP contribution is -2.40. The van der Waals surface area contributed by atoms with Gasteiger partial charge in [0.2, 0.25) is 5.91 Å². The van der Waals surface area contributed by atoms with Crippen molar-refractivity contribution in [3.8, 4) is 0 Å². The molecule has 1 fully saturated rings. The molecule has 0 aliphatic heterocycles. The number of anilines is 1. The molecule has 1 aromatic heterocycles. The number of pyridine rings is 1. The van der Waals surface area contributed by atoms with Crippen LogP contribution < -0.4 is 16.4 Å². The number of amides is 2. The molecule has 0 atom stereocenters. The fraction of sp³-hybridized carbons (Fsp3) is 0.261. The Morgan fingerprint density at radius 3 is 2.33 bits per heavy atom. The molecule has 1 heterocycles. The Balaban J connectivity index is 0.00000256. The predicted molar refractivity (Wildman–Crippen MR) is 121 cm³/mol. The van der Waals surface area contributed by atoms with E-state index in [4.69, 9.17) is 5.73 Å². The topological polar surface area (TPSA) is 97.1 Å². The third kappa shape index (κ3) is 5.07. The van der Waals surface area contributed by atoms with Crippen molar-refractivity contribution in [1.82, 2.24) is 10.3 Å². The van der Waals surface area contributed by atoms with E-state index in [0.717, 1.165) is 42.4 Å². The van der Waals surface area contributed by atoms with Crippen molar-refractivity contribution in [3.63, 3.8) is 0 Å². The standard InChI is InChI=1S/C23H24N4O2.ClH/c24-22(28)16-5-3-6-17(14-16)23(29)26-19-11-9-18(10-12-19)25-21-13-8-15-4-1-2-7-20(15)27-21;/h1-8,13-14,18-19H,9-12H2,(H2,24,28)(H,25,27)(H,26,29);1H. The van der Waals surface area contributed by atoms with Crippen LogP contribution in [0.15, 0.2) is 60.7 Å². The van der Waals surface area contributed by atoms with Gasteiger partial charge in [-0.2, -0.15) is 0 Å². The number of para-hydroxylation sites is 1. The molecule has 0 saturated heterocycles. The van der Waals surface area contributed by atoms with Gasteiger partial charge in [0.1, 0.15) is 5.82 Å². The van der Waals surface area contributed by atoms with E-state index in [-0.39, 0.29) is 24.4 Å². The van der Waals surface area contributed by atoms with Crippen LogP contribution >= 0.6 is 12.4 Å². The van der Waals surface area contributed by atoms with Crippen LogP contribution in [0.2, 0.25) is 0 Å². The molecule has 6 nitrogen and oxygen atoms in total. The van der Waals surface area contributed by atoms with E-state index < -0.39 is 5.91 Å². The number of hydrogen-bond donors (Lipinski definition) is 3. The van der Waals surface area contributed by atoms with Gasteiger partial charge in [-0.25, -0.2) is 4.98 Å². The van der Waals surface area contributed by atoms with Crippen LogP contribution in [0.1, 0.15) is 46.4 Å². The molecule has 30 heavy (non-hydrogen) atoms. The van der Waals surface area contributed by atoms with Gasteiger partial charge in [-0.3, -0.25) is 9.59 Å². The molecule has 0 unspecified atom stereocenters. The Morgan fingerprint density at radius 1 is 0.867 bits per heavy atom. The molecule has 4 N–H and O–H groups in total. The molecule has 4 rings (SSSR count). The van der Waals surface area contributed by atoms with Crippen LogP contribution in [0.5, 0.6) is 0 Å². The van der Waals surface area contributed by atoms with Gasteiger partial charge in [-0.1, -0.05) is 24.3 Å². The molecule has 2 amide bonds. The van der Waals surface area contributed by atoms with Gasteiger partial charge in [-0.05, 0) is 62.1 Å². The third-order valence-corrected chi connectivity index (χ3v) is 5.42. The molecule has 1 aliphatic rings. The monoisotopic (exact) mass is 424 g/mol. The number of nitrogens with one attached hydrogen (secondary N) is 2. The van der Waals surface area contributed by atoms with Crippen molar-refractivity contribution in [2.45, 2.75) is 37.8 Å². The molecule has 2 aromatic carbocycles. The largest absolute Gasteiger partial charge is 0.367 e. The van der Waals surface area contributed by atoms with Crippen molar-refractivity contribution >= 4 is 40.9 Å². The summed E-state index contributed by atoms with van der Waals surface area (Å²) in [4.78, 5) is 28.5. The molecule has 0 radical (unpaired) electrons. The van der Waals surface area contributed by atoms with Crippen molar-refractivity contribution in [2.24, 2.45) is 5.73 Å². The Hall–Kier alpha value is -3.12. The second-order valence-corrected chi connectivity index (χ2v) is 7.50. The van der Waals surface area contributed by atoms with Crippen molar-refractivity contribution in [3.05, 3.63) is 71.8 Å². The molecule has 1 saturated carbocycles. The summed E-state index contributed by atoms with van der Waals surface area (Å²) >= 11 is 0. The van der Waals surface area contributed by atoms with Crippen LogP contribution in [0, 0.1) is 0 Å². The van der Waals surface area contributed by atoms with Crippen LogP contribution in [0.4, 0.5) is 5.82 Å². The van der Waals surface area contributed by atoms with Crippen LogP contribution in [0.25, 0.3) is 10.9 Å². The highest BCUT2D eigenvalue weighted by atomic mass is 35.5. The van der Waals surface area contributed by atoms with Crippen molar-refractivity contribution < 1.29 is 9.59 Å². The number of carbonyl (C=O) groups excluding carboxylic acids is 2. The smallest absolute Gasteiger partial charge is 0.251 e. The average molecular weight is 425 g/mol.